The molecule has 3 nitrogen and oxygen atoms in total. The van der Waals surface area contributed by atoms with Crippen LogP contribution in [-0.2, 0) is 12.8 Å². The quantitative estimate of drug-likeness (QED) is 0.587. The summed E-state index contributed by atoms with van der Waals surface area (Å²) in [7, 11) is 0. The zero-order valence-electron chi connectivity index (χ0n) is 9.83. The number of benzene rings is 1. The van der Waals surface area contributed by atoms with Crippen LogP contribution in [-0.4, -0.2) is 12.6 Å². The Balaban J connectivity index is 1.95. The van der Waals surface area contributed by atoms with Crippen LogP contribution < -0.4 is 16.0 Å². The molecule has 16 heavy (non-hydrogen) atoms. The smallest absolute Gasteiger partial charge is 0.122 e. The number of nitrogens with two attached hydrogens (primary N) is 1. The lowest BCUT2D eigenvalue weighted by molar-refractivity contribution is 0.357. The van der Waals surface area contributed by atoms with Crippen molar-refractivity contribution in [2.24, 2.45) is 5.84 Å². The fourth-order valence-electron chi connectivity index (χ4n) is 2.14. The number of aryl methyl sites for hydroxylation is 1. The van der Waals surface area contributed by atoms with Gasteiger partial charge in [0.25, 0.3) is 0 Å². The molecule has 0 spiro atoms. The van der Waals surface area contributed by atoms with Gasteiger partial charge in [0.1, 0.15) is 5.75 Å². The number of rotatable bonds is 5. The first-order chi connectivity index (χ1) is 7.83. The van der Waals surface area contributed by atoms with Crippen LogP contribution in [0.5, 0.6) is 5.75 Å². The number of fused-ring (bicyclic) bond motifs is 1. The van der Waals surface area contributed by atoms with Crippen molar-refractivity contribution in [3.05, 3.63) is 29.3 Å². The largest absolute Gasteiger partial charge is 0.493 e. The second-order valence-electron chi connectivity index (χ2n) is 4.35. The Morgan fingerprint density at radius 3 is 3.12 bits per heavy atom. The topological polar surface area (TPSA) is 47.3 Å². The average molecular weight is 220 g/mol. The summed E-state index contributed by atoms with van der Waals surface area (Å²) < 4.78 is 5.49. The van der Waals surface area contributed by atoms with E-state index in [9.17, 15) is 0 Å². The fourth-order valence-corrected chi connectivity index (χ4v) is 2.14. The van der Waals surface area contributed by atoms with Gasteiger partial charge < -0.3 is 4.74 Å². The van der Waals surface area contributed by atoms with Crippen LogP contribution in [0.25, 0.3) is 0 Å². The molecule has 1 aromatic rings. The first kappa shape index (κ1) is 11.4. The third kappa shape index (κ3) is 2.54. The molecule has 0 aliphatic carbocycles. The van der Waals surface area contributed by atoms with E-state index in [0.717, 1.165) is 38.0 Å². The second kappa shape index (κ2) is 5.32. The van der Waals surface area contributed by atoms with E-state index < -0.39 is 0 Å². The van der Waals surface area contributed by atoms with Gasteiger partial charge in [-0.15, -0.1) is 0 Å². The molecule has 0 radical (unpaired) electrons. The van der Waals surface area contributed by atoms with Crippen molar-refractivity contribution in [2.45, 2.75) is 38.6 Å². The molecule has 1 unspecified atom stereocenters. The first-order valence-corrected chi connectivity index (χ1v) is 6.04. The molecule has 88 valence electrons. The Bertz CT molecular complexity index is 348. The van der Waals surface area contributed by atoms with Crippen molar-refractivity contribution < 1.29 is 4.74 Å². The van der Waals surface area contributed by atoms with Crippen LogP contribution in [0, 0.1) is 0 Å². The summed E-state index contributed by atoms with van der Waals surface area (Å²) in [5.41, 5.74) is 5.59. The molecule has 0 aromatic heterocycles. The molecular weight excluding hydrogens is 200 g/mol. The number of nitrogens with one attached hydrogen (secondary N) is 1. The zero-order valence-corrected chi connectivity index (χ0v) is 9.83. The molecule has 3 N–H and O–H groups in total. The highest BCUT2D eigenvalue weighted by molar-refractivity contribution is 5.39. The normalized spacial score (nSPS) is 15.6. The van der Waals surface area contributed by atoms with Crippen LogP contribution in [0.1, 0.15) is 30.9 Å². The maximum absolute atomic E-state index is 5.49. The fraction of sp³-hybridized carbons (Fsp3) is 0.538. The number of hydrogen-bond acceptors (Lipinski definition) is 3. The molecule has 0 bridgehead atoms. The maximum Gasteiger partial charge on any atom is 0.122 e. The Labute approximate surface area is 97.0 Å². The lowest BCUT2D eigenvalue weighted by Crippen LogP contribution is -2.34. The lowest BCUT2D eigenvalue weighted by Gasteiger charge is -2.13. The van der Waals surface area contributed by atoms with E-state index in [0.29, 0.717) is 6.04 Å². The summed E-state index contributed by atoms with van der Waals surface area (Å²) in [5, 5.41) is 0. The van der Waals surface area contributed by atoms with E-state index in [1.54, 1.807) is 0 Å². The van der Waals surface area contributed by atoms with Gasteiger partial charge in [0.05, 0.1) is 6.61 Å². The zero-order chi connectivity index (χ0) is 11.4. The molecule has 3 heteroatoms. The molecule has 0 fully saturated rings. The summed E-state index contributed by atoms with van der Waals surface area (Å²) in [6.07, 6.45) is 4.29. The molecule has 2 rings (SSSR count). The summed E-state index contributed by atoms with van der Waals surface area (Å²) in [6, 6.07) is 6.94. The third-order valence-electron chi connectivity index (χ3n) is 3.26. The van der Waals surface area contributed by atoms with Crippen LogP contribution >= 0.6 is 0 Å². The van der Waals surface area contributed by atoms with E-state index in [-0.39, 0.29) is 0 Å². The highest BCUT2D eigenvalue weighted by atomic mass is 16.5. The van der Waals surface area contributed by atoms with Crippen LogP contribution in [0.2, 0.25) is 0 Å². The van der Waals surface area contributed by atoms with Gasteiger partial charge in [-0.3, -0.25) is 11.3 Å². The Kier molecular flexibility index (Phi) is 3.80. The van der Waals surface area contributed by atoms with E-state index in [1.807, 2.05) is 0 Å². The van der Waals surface area contributed by atoms with E-state index in [4.69, 9.17) is 10.6 Å². The van der Waals surface area contributed by atoms with Crippen LogP contribution in [0.4, 0.5) is 0 Å². The highest BCUT2D eigenvalue weighted by Gasteiger charge is 2.12. The number of hydrazine groups is 1. The molecule has 0 saturated heterocycles. The molecule has 1 aliphatic rings. The van der Waals surface area contributed by atoms with Gasteiger partial charge in [-0.2, -0.15) is 0 Å². The highest BCUT2D eigenvalue weighted by Crippen LogP contribution is 2.26. The predicted octanol–water partition coefficient (Wildman–Crippen LogP) is 1.80. The van der Waals surface area contributed by atoms with Gasteiger partial charge in [0.15, 0.2) is 0 Å². The molecule has 1 aromatic carbocycles. The lowest BCUT2D eigenvalue weighted by atomic mass is 10.0. The Hall–Kier alpha value is -1.06. The second-order valence-corrected chi connectivity index (χ2v) is 4.35. The van der Waals surface area contributed by atoms with Gasteiger partial charge in [0.2, 0.25) is 0 Å². The molecule has 1 aliphatic heterocycles. The third-order valence-corrected chi connectivity index (χ3v) is 3.26. The summed E-state index contributed by atoms with van der Waals surface area (Å²) >= 11 is 0. The van der Waals surface area contributed by atoms with E-state index >= 15 is 0 Å². The van der Waals surface area contributed by atoms with Crippen molar-refractivity contribution in [3.8, 4) is 5.75 Å². The Morgan fingerprint density at radius 1 is 1.50 bits per heavy atom. The summed E-state index contributed by atoms with van der Waals surface area (Å²) in [6.45, 7) is 2.99. The van der Waals surface area contributed by atoms with Gasteiger partial charge >= 0.3 is 0 Å². The number of hydrogen-bond donors (Lipinski definition) is 2. The molecule has 1 heterocycles. The van der Waals surface area contributed by atoms with Gasteiger partial charge in [-0.25, -0.2) is 0 Å². The van der Waals surface area contributed by atoms with Gasteiger partial charge in [0, 0.05) is 12.5 Å². The minimum Gasteiger partial charge on any atom is -0.493 e. The first-order valence-electron chi connectivity index (χ1n) is 6.04. The standard InChI is InChI=1S/C13H20N2O/c1-2-12(15-14)5-3-10-4-6-13-11(9-10)7-8-16-13/h4,6,9,12,15H,2-3,5,7-8,14H2,1H3. The molecular formula is C13H20N2O. The summed E-state index contributed by atoms with van der Waals surface area (Å²) in [5.74, 6) is 6.53. The van der Waals surface area contributed by atoms with E-state index in [2.05, 4.69) is 30.5 Å². The predicted molar refractivity (Wildman–Crippen MR) is 65.4 cm³/mol. The van der Waals surface area contributed by atoms with Gasteiger partial charge in [-0.05, 0) is 36.5 Å². The van der Waals surface area contributed by atoms with Crippen molar-refractivity contribution in [1.29, 1.82) is 0 Å². The minimum absolute atomic E-state index is 0.421. The van der Waals surface area contributed by atoms with Gasteiger partial charge in [-0.1, -0.05) is 19.1 Å². The van der Waals surface area contributed by atoms with Crippen molar-refractivity contribution in [2.75, 3.05) is 6.61 Å². The number of ether oxygens (including phenoxy) is 1. The van der Waals surface area contributed by atoms with E-state index in [1.165, 1.54) is 11.1 Å². The average Bonchev–Trinajstić information content (AvgIpc) is 2.77. The monoisotopic (exact) mass is 220 g/mol. The van der Waals surface area contributed by atoms with Crippen molar-refractivity contribution in [1.82, 2.24) is 5.43 Å². The minimum atomic E-state index is 0.421. The Morgan fingerprint density at radius 2 is 2.38 bits per heavy atom. The maximum atomic E-state index is 5.49. The van der Waals surface area contributed by atoms with Crippen LogP contribution in [0.3, 0.4) is 0 Å². The summed E-state index contributed by atoms with van der Waals surface area (Å²) in [4.78, 5) is 0. The van der Waals surface area contributed by atoms with Crippen LogP contribution in [0.15, 0.2) is 18.2 Å². The molecule has 0 amide bonds. The molecule has 1 atom stereocenters. The van der Waals surface area contributed by atoms with Crippen molar-refractivity contribution >= 4 is 0 Å². The SMILES string of the molecule is CCC(CCc1ccc2c(c1)CCO2)NN. The molecule has 0 saturated carbocycles. The van der Waals surface area contributed by atoms with Crippen molar-refractivity contribution in [3.63, 3.8) is 0 Å².